The van der Waals surface area contributed by atoms with Crippen molar-refractivity contribution in [2.75, 3.05) is 9.33 Å². The fourth-order valence-electron chi connectivity index (χ4n) is 6.37. The second-order valence-electron chi connectivity index (χ2n) is 12.2. The Hall–Kier alpha value is -3.59. The number of halogens is 4. The summed E-state index contributed by atoms with van der Waals surface area (Å²) in [4.78, 5) is 14.2. The molecule has 2 aromatic carbocycles. The zero-order valence-electron chi connectivity index (χ0n) is 25.2. The first-order chi connectivity index (χ1) is 22.1. The van der Waals surface area contributed by atoms with Gasteiger partial charge in [0.2, 0.25) is 0 Å². The van der Waals surface area contributed by atoms with Crippen molar-refractivity contribution < 1.29 is 58.3 Å². The molecule has 1 unspecified atom stereocenters. The molecular weight excluding hydrogens is 716 g/mol. The quantitative estimate of drug-likeness (QED) is 0.146. The normalized spacial score (nSPS) is 21.4. The van der Waals surface area contributed by atoms with Gasteiger partial charge in [0.05, 0.1) is 0 Å². The minimum absolute atomic E-state index is 0.0126. The molecule has 2 aromatic heterocycles. The van der Waals surface area contributed by atoms with E-state index in [-0.39, 0.29) is 62.9 Å². The van der Waals surface area contributed by atoms with E-state index < -0.39 is 12.3 Å². The molecule has 0 radical (unpaired) electrons. The van der Waals surface area contributed by atoms with Crippen LogP contribution in [0.25, 0.3) is 22.5 Å². The van der Waals surface area contributed by atoms with Gasteiger partial charge >= 0.3 is 275 Å². The Morgan fingerprint density at radius 3 is 2.54 bits per heavy atom. The van der Waals surface area contributed by atoms with Gasteiger partial charge in [0.15, 0.2) is 0 Å². The summed E-state index contributed by atoms with van der Waals surface area (Å²) in [6.45, 7) is 4.02. The van der Waals surface area contributed by atoms with Crippen molar-refractivity contribution in [2.24, 2.45) is 0 Å². The van der Waals surface area contributed by atoms with Crippen LogP contribution in [0.3, 0.4) is 0 Å². The van der Waals surface area contributed by atoms with E-state index in [4.69, 9.17) is 9.26 Å². The summed E-state index contributed by atoms with van der Waals surface area (Å²) in [5.41, 5.74) is 4.06. The third-order valence-electron chi connectivity index (χ3n) is 8.64. The van der Waals surface area contributed by atoms with E-state index in [2.05, 4.69) is 32.0 Å². The summed E-state index contributed by atoms with van der Waals surface area (Å²) in [5, 5.41) is 18.4. The summed E-state index contributed by atoms with van der Waals surface area (Å²) >= 11 is -0.0778. The molecule has 46 heavy (non-hydrogen) atoms. The minimum atomic E-state index is -4.83. The van der Waals surface area contributed by atoms with Crippen LogP contribution in [-0.2, 0) is 11.3 Å². The van der Waals surface area contributed by atoms with Crippen LogP contribution < -0.4 is 30.8 Å². The van der Waals surface area contributed by atoms with E-state index in [1.54, 1.807) is 18.2 Å². The van der Waals surface area contributed by atoms with Crippen LogP contribution in [0, 0.1) is 0 Å². The Morgan fingerprint density at radius 1 is 1.13 bits per heavy atom. The van der Waals surface area contributed by atoms with Crippen LogP contribution in [0.15, 0.2) is 59.1 Å². The molecule has 3 atom stereocenters. The van der Waals surface area contributed by atoms with Gasteiger partial charge in [-0.15, -0.1) is 0 Å². The number of rotatable bonds is 10. The van der Waals surface area contributed by atoms with Gasteiger partial charge in [-0.1, -0.05) is 0 Å². The van der Waals surface area contributed by atoms with Crippen LogP contribution in [0.1, 0.15) is 73.3 Å². The van der Waals surface area contributed by atoms with Crippen molar-refractivity contribution in [3.05, 3.63) is 71.6 Å². The Balaban J connectivity index is 1.05. The summed E-state index contributed by atoms with van der Waals surface area (Å²) < 4.78 is 59.1. The van der Waals surface area contributed by atoms with E-state index in [1.165, 1.54) is 16.8 Å². The first-order valence-electron chi connectivity index (χ1n) is 15.3. The number of alkyl halides is 5. The summed E-state index contributed by atoms with van der Waals surface area (Å²) in [6, 6.07) is 16.1. The van der Waals surface area contributed by atoms with E-state index in [0.29, 0.717) is 32.8 Å². The third-order valence-corrected chi connectivity index (χ3v) is 12.3. The number of piperidine rings is 1. The zero-order valence-corrected chi connectivity index (χ0v) is 27.4. The van der Waals surface area contributed by atoms with Gasteiger partial charge in [0, 0.05) is 0 Å². The molecule has 2 aliphatic heterocycles. The SMILES string of the molecule is CC(C)n1nc(-c2ccc(N3C4C[C@@H](OCc5c(-c6ccccc6OC(F)(F)F)noc5C5CC5)C[C@H]3C[I-]4)cc2)cc1C(=O)O. The molecule has 9 nitrogen and oxygen atoms in total. The second-order valence-corrected chi connectivity index (χ2v) is 15.4. The van der Waals surface area contributed by atoms with Crippen molar-refractivity contribution in [2.45, 2.75) is 80.7 Å². The van der Waals surface area contributed by atoms with Crippen molar-refractivity contribution in [3.63, 3.8) is 0 Å². The van der Waals surface area contributed by atoms with Crippen LogP contribution in [0.2, 0.25) is 0 Å². The number of fused-ring (bicyclic) bond motifs is 2. The number of para-hydroxylation sites is 1. The standard InChI is InChI=1S/C33H33F3IN4O5/c1-18(2)41-27(32(42)43)15-26(38-41)19-9-11-21(12-10-19)40-22-13-23(14-29(40)37-16-22)44-17-25-30(39-46-31(25)20-7-8-20)24-5-3-4-6-28(24)45-33(34,35)36/h3-6,9-12,15,18,20,22-23,29H,7-8,13-14,16-17H2,1-2H3,(H,42,43)/q-1/t22-,23-,29?/m0/s1. The molecule has 13 heteroatoms. The summed E-state index contributed by atoms with van der Waals surface area (Å²) in [6.07, 6.45) is -1.18. The molecule has 0 amide bonds. The first-order valence-corrected chi connectivity index (χ1v) is 18.1. The van der Waals surface area contributed by atoms with Crippen LogP contribution >= 0.6 is 0 Å². The Labute approximate surface area is 273 Å². The predicted molar refractivity (Wildman–Crippen MR) is 158 cm³/mol. The summed E-state index contributed by atoms with van der Waals surface area (Å²) in [7, 11) is 0. The van der Waals surface area contributed by atoms with Gasteiger partial charge in [-0.05, 0) is 0 Å². The predicted octanol–water partition coefficient (Wildman–Crippen LogP) is 4.24. The van der Waals surface area contributed by atoms with Crippen molar-refractivity contribution in [1.82, 2.24) is 14.9 Å². The number of carboxylic acids is 1. The van der Waals surface area contributed by atoms with Gasteiger partial charge in [-0.2, -0.15) is 0 Å². The molecule has 2 bridgehead atoms. The topological polar surface area (TPSA) is 103 Å². The van der Waals surface area contributed by atoms with Gasteiger partial charge in [-0.3, -0.25) is 0 Å². The molecule has 4 heterocycles. The van der Waals surface area contributed by atoms with Crippen molar-refractivity contribution >= 4 is 11.7 Å². The number of nitrogens with zero attached hydrogens (tertiary/aromatic N) is 4. The molecule has 3 aliphatic rings. The second kappa shape index (κ2) is 12.2. The van der Waals surface area contributed by atoms with Crippen LogP contribution in [0.5, 0.6) is 5.75 Å². The molecule has 1 saturated carbocycles. The number of carbonyl (C=O) groups is 1. The first kappa shape index (κ1) is 31.0. The average Bonchev–Trinajstić information content (AvgIpc) is 3.50. The molecule has 7 rings (SSSR count). The van der Waals surface area contributed by atoms with E-state index >= 15 is 0 Å². The zero-order chi connectivity index (χ0) is 32.2. The number of ether oxygens (including phenoxy) is 2. The number of anilines is 1. The average molecular weight is 750 g/mol. The molecule has 1 aliphatic carbocycles. The van der Waals surface area contributed by atoms with E-state index in [1.807, 2.05) is 26.0 Å². The molecule has 0 spiro atoms. The van der Waals surface area contributed by atoms with Gasteiger partial charge in [0.1, 0.15) is 0 Å². The summed E-state index contributed by atoms with van der Waals surface area (Å²) in [5.74, 6) is -0.417. The molecular formula is C33H33F3IN4O5-. The molecule has 2 saturated heterocycles. The van der Waals surface area contributed by atoms with Gasteiger partial charge in [-0.25, -0.2) is 0 Å². The van der Waals surface area contributed by atoms with Gasteiger partial charge < -0.3 is 0 Å². The van der Waals surface area contributed by atoms with E-state index in [9.17, 15) is 23.1 Å². The fraction of sp³-hybridized carbons (Fsp3) is 0.424. The van der Waals surface area contributed by atoms with Crippen molar-refractivity contribution in [1.29, 1.82) is 0 Å². The molecule has 4 aromatic rings. The van der Waals surface area contributed by atoms with Gasteiger partial charge in [0.25, 0.3) is 0 Å². The number of hydrogen-bond donors (Lipinski definition) is 1. The number of aromatic carboxylic acids is 1. The number of aromatic nitrogens is 3. The van der Waals surface area contributed by atoms with Crippen LogP contribution in [-0.4, -0.2) is 53.0 Å². The Morgan fingerprint density at radius 2 is 1.89 bits per heavy atom. The maximum absolute atomic E-state index is 13.2. The number of benzene rings is 2. The van der Waals surface area contributed by atoms with Crippen LogP contribution in [0.4, 0.5) is 18.9 Å². The Kier molecular flexibility index (Phi) is 8.24. The molecule has 244 valence electrons. The number of carboxylic acid groups (broad SMARTS) is 1. The molecule has 3 fully saturated rings. The number of hydrogen-bond acceptors (Lipinski definition) is 7. The van der Waals surface area contributed by atoms with Crippen molar-refractivity contribution in [3.8, 4) is 28.3 Å². The third kappa shape index (κ3) is 6.23. The Bertz CT molecular complexity index is 1720. The van der Waals surface area contributed by atoms with E-state index in [0.717, 1.165) is 41.4 Å². The fourth-order valence-corrected chi connectivity index (χ4v) is 10.5. The monoisotopic (exact) mass is 749 g/mol. The molecule has 1 N–H and O–H groups in total. The maximum atomic E-state index is 13.2.